The van der Waals surface area contributed by atoms with E-state index in [0.717, 1.165) is 24.0 Å². The number of carbonyl (C=O) groups is 2. The fourth-order valence-electron chi connectivity index (χ4n) is 4.48. The van der Waals surface area contributed by atoms with Crippen molar-refractivity contribution < 1.29 is 19.1 Å². The molecule has 1 N–H and O–H groups in total. The van der Waals surface area contributed by atoms with Crippen molar-refractivity contribution in [2.75, 3.05) is 6.61 Å². The number of urea groups is 1. The van der Waals surface area contributed by atoms with Crippen molar-refractivity contribution >= 4 is 17.7 Å². The van der Waals surface area contributed by atoms with Crippen molar-refractivity contribution in [1.82, 2.24) is 5.32 Å². The molecule has 1 aliphatic heterocycles. The Morgan fingerprint density at radius 2 is 1.84 bits per heavy atom. The molecular weight excluding hydrogens is 404 g/mol. The summed E-state index contributed by atoms with van der Waals surface area (Å²) in [5.41, 5.74) is 2.33. The summed E-state index contributed by atoms with van der Waals surface area (Å²) < 4.78 is 11.7. The smallest absolute Gasteiger partial charge is 0.341 e. The summed E-state index contributed by atoms with van der Waals surface area (Å²) in [6, 6.07) is 16.4. The van der Waals surface area contributed by atoms with Gasteiger partial charge in [0.05, 0.1) is 12.6 Å². The number of nitrogens with one attached hydrogen (secondary N) is 1. The Labute approximate surface area is 189 Å². The molecule has 0 bridgehead atoms. The third-order valence-electron chi connectivity index (χ3n) is 6.25. The lowest BCUT2D eigenvalue weighted by Crippen LogP contribution is -2.44. The first-order valence-electron chi connectivity index (χ1n) is 11.4. The number of hydrogen-bond donors (Lipinski definition) is 1. The van der Waals surface area contributed by atoms with Crippen LogP contribution in [-0.2, 0) is 16.1 Å². The van der Waals surface area contributed by atoms with Crippen LogP contribution >= 0.6 is 0 Å². The summed E-state index contributed by atoms with van der Waals surface area (Å²) in [6.45, 7) is 2.59. The predicted molar refractivity (Wildman–Crippen MR) is 123 cm³/mol. The Balaban J connectivity index is 1.47. The number of hydrogen-bond acceptors (Lipinski definition) is 4. The van der Waals surface area contributed by atoms with Gasteiger partial charge in [0, 0.05) is 5.71 Å². The summed E-state index contributed by atoms with van der Waals surface area (Å²) in [5.74, 6) is 0.115. The predicted octanol–water partition coefficient (Wildman–Crippen LogP) is 5.23. The summed E-state index contributed by atoms with van der Waals surface area (Å²) in [4.78, 5) is 29.2. The molecule has 2 atom stereocenters. The normalized spacial score (nSPS) is 21.4. The molecule has 0 saturated heterocycles. The molecule has 2 aromatic carbocycles. The van der Waals surface area contributed by atoms with Crippen molar-refractivity contribution in [2.45, 2.75) is 51.7 Å². The van der Waals surface area contributed by atoms with Gasteiger partial charge in [0.2, 0.25) is 0 Å². The summed E-state index contributed by atoms with van der Waals surface area (Å²) in [7, 11) is 0. The summed E-state index contributed by atoms with van der Waals surface area (Å²) >= 11 is 0. The van der Waals surface area contributed by atoms with Crippen LogP contribution in [0.1, 0.15) is 56.2 Å². The number of carbonyl (C=O) groups excluding carboxylic acids is 2. The minimum Gasteiger partial charge on any atom is -0.489 e. The van der Waals surface area contributed by atoms with E-state index in [4.69, 9.17) is 9.47 Å². The van der Waals surface area contributed by atoms with Crippen molar-refractivity contribution in [1.29, 1.82) is 0 Å². The quantitative estimate of drug-likeness (QED) is 0.605. The average molecular weight is 435 g/mol. The lowest BCUT2D eigenvalue weighted by molar-refractivity contribution is -0.148. The minimum absolute atomic E-state index is 0.336. The molecule has 6 nitrogen and oxygen atoms in total. The van der Waals surface area contributed by atoms with Gasteiger partial charge in [-0.15, -0.1) is 0 Å². The van der Waals surface area contributed by atoms with E-state index in [1.807, 2.05) is 54.6 Å². The first-order chi connectivity index (χ1) is 15.6. The third-order valence-corrected chi connectivity index (χ3v) is 6.25. The Bertz CT molecular complexity index is 967. The topological polar surface area (TPSA) is 77.0 Å². The van der Waals surface area contributed by atoms with Crippen LogP contribution in [0.15, 0.2) is 59.6 Å². The lowest BCUT2D eigenvalue weighted by atomic mass is 9.87. The van der Waals surface area contributed by atoms with Gasteiger partial charge in [-0.3, -0.25) is 4.79 Å². The Kier molecular flexibility index (Phi) is 7.20. The van der Waals surface area contributed by atoms with Gasteiger partial charge < -0.3 is 14.8 Å². The molecule has 1 saturated carbocycles. The minimum atomic E-state index is -0.652. The molecule has 0 spiro atoms. The van der Waals surface area contributed by atoms with Crippen LogP contribution in [-0.4, -0.2) is 24.3 Å². The SMILES string of the molecule is CC1=NC(=O)NC(c2cccc(OCc3ccccc3)c2)C1C(=O)OCC1CCCCC1. The van der Waals surface area contributed by atoms with Gasteiger partial charge in [0.15, 0.2) is 0 Å². The number of benzene rings is 2. The largest absolute Gasteiger partial charge is 0.489 e. The first kappa shape index (κ1) is 22.1. The van der Waals surface area contributed by atoms with Crippen LogP contribution in [0.25, 0.3) is 0 Å². The molecule has 32 heavy (non-hydrogen) atoms. The standard InChI is InChI=1S/C26H30N2O4/c1-18-23(25(29)32-17-20-11-6-3-7-12-20)24(28-26(30)27-18)21-13-8-14-22(15-21)31-16-19-9-4-2-5-10-19/h2,4-5,8-10,13-15,20,23-24H,3,6-7,11-12,16-17H2,1H3,(H,28,30). The second-order valence-electron chi connectivity index (χ2n) is 8.64. The molecule has 0 aromatic heterocycles. The number of aliphatic imine (C=N–C) groups is 1. The van der Waals surface area contributed by atoms with E-state index >= 15 is 0 Å². The zero-order valence-electron chi connectivity index (χ0n) is 18.5. The van der Waals surface area contributed by atoms with Crippen LogP contribution < -0.4 is 10.1 Å². The highest BCUT2D eigenvalue weighted by molar-refractivity contribution is 6.08. The number of ether oxygens (including phenoxy) is 2. The van der Waals surface area contributed by atoms with E-state index in [9.17, 15) is 9.59 Å². The highest BCUT2D eigenvalue weighted by Crippen LogP contribution is 2.31. The van der Waals surface area contributed by atoms with Crippen LogP contribution in [0.4, 0.5) is 4.79 Å². The van der Waals surface area contributed by atoms with Gasteiger partial charge in [-0.05, 0) is 48.9 Å². The molecule has 1 aliphatic carbocycles. The average Bonchev–Trinajstić information content (AvgIpc) is 2.82. The van der Waals surface area contributed by atoms with Crippen molar-refractivity contribution in [3.05, 3.63) is 65.7 Å². The summed E-state index contributed by atoms with van der Waals surface area (Å²) in [5, 5.41) is 2.85. The molecule has 2 unspecified atom stereocenters. The van der Waals surface area contributed by atoms with Gasteiger partial charge in [0.25, 0.3) is 0 Å². The molecular formula is C26H30N2O4. The van der Waals surface area contributed by atoms with Crippen LogP contribution in [0.2, 0.25) is 0 Å². The van der Waals surface area contributed by atoms with Gasteiger partial charge in [0.1, 0.15) is 18.3 Å². The molecule has 0 radical (unpaired) electrons. The number of nitrogens with zero attached hydrogens (tertiary/aromatic N) is 1. The van der Waals surface area contributed by atoms with Crippen LogP contribution in [0.5, 0.6) is 5.75 Å². The maximum absolute atomic E-state index is 13.1. The van der Waals surface area contributed by atoms with Crippen molar-refractivity contribution in [3.8, 4) is 5.75 Å². The Morgan fingerprint density at radius 3 is 2.62 bits per heavy atom. The van der Waals surface area contributed by atoms with E-state index in [1.165, 1.54) is 19.3 Å². The molecule has 1 heterocycles. The molecule has 6 heteroatoms. The second-order valence-corrected chi connectivity index (χ2v) is 8.64. The van der Waals surface area contributed by atoms with Gasteiger partial charge in [-0.2, -0.15) is 0 Å². The third kappa shape index (κ3) is 5.55. The molecule has 1 fully saturated rings. The fourth-order valence-corrected chi connectivity index (χ4v) is 4.48. The van der Waals surface area contributed by atoms with E-state index in [0.29, 0.717) is 30.6 Å². The number of esters is 1. The van der Waals surface area contributed by atoms with Gasteiger partial charge in [-0.1, -0.05) is 61.7 Å². The Morgan fingerprint density at radius 1 is 1.06 bits per heavy atom. The van der Waals surface area contributed by atoms with Crippen LogP contribution in [0.3, 0.4) is 0 Å². The number of amides is 2. The Hall–Kier alpha value is -3.15. The highest BCUT2D eigenvalue weighted by Gasteiger charge is 2.38. The van der Waals surface area contributed by atoms with E-state index in [1.54, 1.807) is 6.92 Å². The fraction of sp³-hybridized carbons (Fsp3) is 0.423. The maximum Gasteiger partial charge on any atom is 0.341 e. The van der Waals surface area contributed by atoms with Crippen molar-refractivity contribution in [3.63, 3.8) is 0 Å². The zero-order valence-corrected chi connectivity index (χ0v) is 18.5. The second kappa shape index (κ2) is 10.4. The zero-order chi connectivity index (χ0) is 22.3. The molecule has 168 valence electrons. The lowest BCUT2D eigenvalue weighted by Gasteiger charge is -2.30. The van der Waals surface area contributed by atoms with Crippen LogP contribution in [0, 0.1) is 11.8 Å². The van der Waals surface area contributed by atoms with E-state index in [2.05, 4.69) is 10.3 Å². The monoisotopic (exact) mass is 434 g/mol. The van der Waals surface area contributed by atoms with E-state index < -0.39 is 18.0 Å². The molecule has 4 rings (SSSR count). The molecule has 2 amide bonds. The first-order valence-corrected chi connectivity index (χ1v) is 11.4. The van der Waals surface area contributed by atoms with Gasteiger partial charge in [-0.25, -0.2) is 9.79 Å². The highest BCUT2D eigenvalue weighted by atomic mass is 16.5. The summed E-state index contributed by atoms with van der Waals surface area (Å²) in [6.07, 6.45) is 5.86. The molecule has 2 aromatic rings. The van der Waals surface area contributed by atoms with E-state index in [-0.39, 0.29) is 5.97 Å². The van der Waals surface area contributed by atoms with Gasteiger partial charge >= 0.3 is 12.0 Å². The van der Waals surface area contributed by atoms with Crippen molar-refractivity contribution in [2.24, 2.45) is 16.8 Å². The number of rotatable bonds is 7. The molecule has 2 aliphatic rings. The maximum atomic E-state index is 13.1.